The maximum atomic E-state index is 13.9. The number of carbonyl (C=O) groups is 1. The van der Waals surface area contributed by atoms with Crippen LogP contribution in [0.5, 0.6) is 0 Å². The second kappa shape index (κ2) is 12.1. The molecule has 0 fully saturated rings. The van der Waals surface area contributed by atoms with Crippen molar-refractivity contribution in [2.75, 3.05) is 4.90 Å². The van der Waals surface area contributed by atoms with E-state index in [9.17, 15) is 4.79 Å². The number of rotatable bonds is 3. The molecule has 0 spiro atoms. The normalized spacial score (nSPS) is 13.5. The van der Waals surface area contributed by atoms with Gasteiger partial charge < -0.3 is 13.9 Å². The van der Waals surface area contributed by atoms with Crippen LogP contribution in [-0.2, 0) is 12.8 Å². The molecule has 0 unspecified atom stereocenters. The predicted molar refractivity (Wildman–Crippen MR) is 230 cm³/mol. The van der Waals surface area contributed by atoms with Crippen molar-refractivity contribution in [3.8, 4) is 16.8 Å². The van der Waals surface area contributed by atoms with Gasteiger partial charge in [-0.15, -0.1) is 0 Å². The number of nitrogens with zero attached hydrogens (tertiary/aromatic N) is 2. The molecule has 10 aromatic rings. The lowest BCUT2D eigenvalue weighted by Crippen LogP contribution is -2.15. The van der Waals surface area contributed by atoms with Gasteiger partial charge in [0.15, 0.2) is 11.4 Å². The molecule has 0 saturated heterocycles. The maximum Gasteiger partial charge on any atom is 0.193 e. The molecule has 2 aliphatic rings. The summed E-state index contributed by atoms with van der Waals surface area (Å²) < 4.78 is 9.53. The minimum Gasteiger partial charge on any atom is -0.453 e. The summed E-state index contributed by atoms with van der Waals surface area (Å²) in [5.74, 6) is 0.0929. The largest absolute Gasteiger partial charge is 0.453 e. The standard InChI is InChI=1S/C51H32N2O2S/c54-49-33-16-5-4-13-31(33)27-28-35-34(18-10-19-37(35)49)38-20-11-21-39-40-22-12-25-44(51(40)55-50(38)39)53-43-24-8-9-26-47(43)56-48-30-45-41(29-46(48)53)36-17-6-7-23-42(36)52(45)32-14-2-1-3-15-32/h1-26,29-30H,27-28H2. The number of fused-ring (bicyclic) bond motifs is 10. The van der Waals surface area contributed by atoms with Crippen LogP contribution in [-0.4, -0.2) is 10.4 Å². The van der Waals surface area contributed by atoms with Crippen LogP contribution in [0.4, 0.5) is 17.1 Å². The molecule has 56 heavy (non-hydrogen) atoms. The number of para-hydroxylation sites is 5. The maximum absolute atomic E-state index is 13.9. The molecule has 0 N–H and O–H groups in total. The topological polar surface area (TPSA) is 38.4 Å². The van der Waals surface area contributed by atoms with Gasteiger partial charge in [-0.1, -0.05) is 133 Å². The summed E-state index contributed by atoms with van der Waals surface area (Å²) in [5, 5.41) is 4.53. The van der Waals surface area contributed by atoms with Gasteiger partial charge in [-0.25, -0.2) is 0 Å². The summed E-state index contributed by atoms with van der Waals surface area (Å²) >= 11 is 1.82. The molecule has 264 valence electrons. The highest BCUT2D eigenvalue weighted by molar-refractivity contribution is 7.99. The van der Waals surface area contributed by atoms with Crippen LogP contribution >= 0.6 is 11.8 Å². The Labute approximate surface area is 327 Å². The molecule has 0 radical (unpaired) electrons. The summed E-state index contributed by atoms with van der Waals surface area (Å²) in [6.45, 7) is 0. The first-order valence-corrected chi connectivity index (χ1v) is 19.9. The lowest BCUT2D eigenvalue weighted by atomic mass is 9.91. The zero-order chi connectivity index (χ0) is 36.9. The van der Waals surface area contributed by atoms with Gasteiger partial charge in [-0.2, -0.15) is 0 Å². The summed E-state index contributed by atoms with van der Waals surface area (Å²) in [5.41, 5.74) is 14.2. The number of hydrogen-bond donors (Lipinski definition) is 0. The number of aromatic nitrogens is 1. The van der Waals surface area contributed by atoms with Gasteiger partial charge in [0.05, 0.1) is 28.1 Å². The Bertz CT molecular complexity index is 3260. The van der Waals surface area contributed by atoms with Crippen molar-refractivity contribution in [1.29, 1.82) is 0 Å². The van der Waals surface area contributed by atoms with Gasteiger partial charge in [0.1, 0.15) is 5.58 Å². The lowest BCUT2D eigenvalue weighted by molar-refractivity contribution is 0.103. The quantitative estimate of drug-likeness (QED) is 0.181. The molecule has 0 atom stereocenters. The fourth-order valence-corrected chi connectivity index (χ4v) is 10.3. The molecular formula is C51H32N2O2S. The summed E-state index contributed by atoms with van der Waals surface area (Å²) in [6, 6.07) is 59.8. The minimum absolute atomic E-state index is 0.0929. The van der Waals surface area contributed by atoms with Gasteiger partial charge >= 0.3 is 0 Å². The first-order chi connectivity index (χ1) is 27.7. The van der Waals surface area contributed by atoms with E-state index in [2.05, 4.69) is 149 Å². The van der Waals surface area contributed by atoms with Crippen molar-refractivity contribution in [3.63, 3.8) is 0 Å². The van der Waals surface area contributed by atoms with Crippen molar-refractivity contribution in [2.24, 2.45) is 0 Å². The van der Waals surface area contributed by atoms with E-state index in [-0.39, 0.29) is 5.78 Å². The Balaban J connectivity index is 1.08. The molecule has 1 aliphatic heterocycles. The van der Waals surface area contributed by atoms with E-state index in [1.54, 1.807) is 0 Å². The van der Waals surface area contributed by atoms with Crippen LogP contribution in [0.2, 0.25) is 0 Å². The summed E-state index contributed by atoms with van der Waals surface area (Å²) in [7, 11) is 0. The molecular weight excluding hydrogens is 705 g/mol. The number of carbonyl (C=O) groups excluding carboxylic acids is 1. The van der Waals surface area contributed by atoms with Crippen molar-refractivity contribution >= 4 is 78.4 Å². The van der Waals surface area contributed by atoms with E-state index in [1.165, 1.54) is 31.6 Å². The third kappa shape index (κ3) is 4.52. The van der Waals surface area contributed by atoms with Gasteiger partial charge in [-0.05, 0) is 78.1 Å². The van der Waals surface area contributed by atoms with E-state index < -0.39 is 0 Å². The number of anilines is 3. The third-order valence-corrected chi connectivity index (χ3v) is 12.8. The van der Waals surface area contributed by atoms with Gasteiger partial charge in [0.25, 0.3) is 0 Å². The zero-order valence-electron chi connectivity index (χ0n) is 30.2. The summed E-state index contributed by atoms with van der Waals surface area (Å²) in [6.07, 6.45) is 1.60. The van der Waals surface area contributed by atoms with Gasteiger partial charge in [0, 0.05) is 53.7 Å². The van der Waals surface area contributed by atoms with Crippen LogP contribution in [0, 0.1) is 0 Å². The SMILES string of the molecule is O=C1c2ccccc2CCc2c1cccc2-c1cccc2c1oc1c(N3c4ccccc4Sc4cc5c(cc43)c3ccccc3n5-c3ccccc3)cccc12. The highest BCUT2D eigenvalue weighted by Gasteiger charge is 2.30. The average molecular weight is 737 g/mol. The fourth-order valence-electron chi connectivity index (χ4n) is 9.21. The highest BCUT2D eigenvalue weighted by Crippen LogP contribution is 2.55. The van der Waals surface area contributed by atoms with Crippen LogP contribution in [0.25, 0.3) is 60.6 Å². The second-order valence-corrected chi connectivity index (χ2v) is 15.8. The van der Waals surface area contributed by atoms with E-state index in [4.69, 9.17) is 4.42 Å². The molecule has 2 aromatic heterocycles. The van der Waals surface area contributed by atoms with Gasteiger partial charge in [-0.3, -0.25) is 4.79 Å². The zero-order valence-corrected chi connectivity index (χ0v) is 31.0. The fraction of sp³-hybridized carbons (Fsp3) is 0.0392. The molecule has 1 aliphatic carbocycles. The van der Waals surface area contributed by atoms with E-state index in [1.807, 2.05) is 42.1 Å². The van der Waals surface area contributed by atoms with E-state index >= 15 is 0 Å². The van der Waals surface area contributed by atoms with Crippen molar-refractivity contribution in [2.45, 2.75) is 22.6 Å². The number of aryl methyl sites for hydroxylation is 1. The molecule has 0 bridgehead atoms. The van der Waals surface area contributed by atoms with Crippen molar-refractivity contribution in [1.82, 2.24) is 4.57 Å². The minimum atomic E-state index is 0.0929. The molecule has 12 rings (SSSR count). The van der Waals surface area contributed by atoms with Crippen LogP contribution in [0.15, 0.2) is 184 Å². The first kappa shape index (κ1) is 31.5. The molecule has 0 amide bonds. The Hall–Kier alpha value is -6.82. The van der Waals surface area contributed by atoms with Crippen LogP contribution < -0.4 is 4.90 Å². The molecule has 3 heterocycles. The van der Waals surface area contributed by atoms with Crippen LogP contribution in [0.1, 0.15) is 27.0 Å². The highest BCUT2D eigenvalue weighted by atomic mass is 32.2. The Morgan fingerprint density at radius 3 is 2.07 bits per heavy atom. The average Bonchev–Trinajstić information content (AvgIpc) is 3.75. The van der Waals surface area contributed by atoms with Gasteiger partial charge in [0.2, 0.25) is 0 Å². The number of furan rings is 1. The van der Waals surface area contributed by atoms with E-state index in [0.717, 1.165) is 90.9 Å². The number of ketones is 1. The molecule has 5 heteroatoms. The Kier molecular flexibility index (Phi) is 6.81. The van der Waals surface area contributed by atoms with E-state index in [0.29, 0.717) is 0 Å². The smallest absolute Gasteiger partial charge is 0.193 e. The van der Waals surface area contributed by atoms with Crippen molar-refractivity contribution < 1.29 is 9.21 Å². The number of hydrogen-bond acceptors (Lipinski definition) is 4. The predicted octanol–water partition coefficient (Wildman–Crippen LogP) is 13.6. The van der Waals surface area contributed by atoms with Crippen molar-refractivity contribution in [3.05, 3.63) is 192 Å². The molecule has 0 saturated carbocycles. The molecule has 4 nitrogen and oxygen atoms in total. The number of benzene rings is 8. The Morgan fingerprint density at radius 1 is 0.464 bits per heavy atom. The third-order valence-electron chi connectivity index (χ3n) is 11.7. The molecule has 8 aromatic carbocycles. The lowest BCUT2D eigenvalue weighted by Gasteiger charge is -2.33. The second-order valence-electron chi connectivity index (χ2n) is 14.7. The monoisotopic (exact) mass is 736 g/mol. The summed E-state index contributed by atoms with van der Waals surface area (Å²) in [4.78, 5) is 18.7. The first-order valence-electron chi connectivity index (χ1n) is 19.1. The Morgan fingerprint density at radius 2 is 1.14 bits per heavy atom. The van der Waals surface area contributed by atoms with Crippen LogP contribution in [0.3, 0.4) is 0 Å².